The average Bonchev–Trinajstić information content (AvgIpc) is 3.01. The lowest BCUT2D eigenvalue weighted by molar-refractivity contribution is -0.137. The zero-order chi connectivity index (χ0) is 17.2. The summed E-state index contributed by atoms with van der Waals surface area (Å²) in [4.78, 5) is 3.96. The Kier molecular flexibility index (Phi) is 4.16. The van der Waals surface area contributed by atoms with E-state index in [0.717, 1.165) is 17.7 Å². The molecule has 0 saturated carbocycles. The van der Waals surface area contributed by atoms with Crippen LogP contribution in [0.25, 0.3) is 23.6 Å². The molecular formula is C17H10F4N2O. The van der Waals surface area contributed by atoms with Crippen molar-refractivity contribution in [2.75, 3.05) is 0 Å². The van der Waals surface area contributed by atoms with Gasteiger partial charge in [0, 0.05) is 0 Å². The summed E-state index contributed by atoms with van der Waals surface area (Å²) in [5.41, 5.74) is -0.355. The quantitative estimate of drug-likeness (QED) is 0.628. The van der Waals surface area contributed by atoms with E-state index >= 15 is 0 Å². The van der Waals surface area contributed by atoms with Crippen LogP contribution in [-0.2, 0) is 6.18 Å². The molecule has 0 radical (unpaired) electrons. The summed E-state index contributed by atoms with van der Waals surface area (Å²) in [6, 6.07) is 11.5. The molecule has 0 saturated heterocycles. The van der Waals surface area contributed by atoms with Crippen LogP contribution in [0.5, 0.6) is 0 Å². The number of benzene rings is 2. The van der Waals surface area contributed by atoms with Gasteiger partial charge in [-0.25, -0.2) is 4.39 Å². The second kappa shape index (κ2) is 6.27. The molecule has 7 heteroatoms. The number of rotatable bonds is 3. The van der Waals surface area contributed by atoms with Crippen molar-refractivity contribution in [3.05, 3.63) is 71.3 Å². The molecule has 0 fully saturated rings. The lowest BCUT2D eigenvalue weighted by Gasteiger charge is -2.07. The van der Waals surface area contributed by atoms with Gasteiger partial charge in [0.2, 0.25) is 0 Å². The van der Waals surface area contributed by atoms with Crippen molar-refractivity contribution in [2.24, 2.45) is 0 Å². The first-order valence-corrected chi connectivity index (χ1v) is 6.87. The lowest BCUT2D eigenvalue weighted by Crippen LogP contribution is -2.05. The van der Waals surface area contributed by atoms with Gasteiger partial charge in [-0.15, -0.1) is 0 Å². The molecule has 0 bridgehead atoms. The molecule has 0 unspecified atom stereocenters. The molecule has 2 aromatic carbocycles. The van der Waals surface area contributed by atoms with Gasteiger partial charge in [0.05, 0.1) is 11.1 Å². The molecule has 0 N–H and O–H groups in total. The molecule has 3 rings (SSSR count). The van der Waals surface area contributed by atoms with Gasteiger partial charge in [0.1, 0.15) is 5.82 Å². The smallest absolute Gasteiger partial charge is 0.334 e. The van der Waals surface area contributed by atoms with E-state index in [9.17, 15) is 17.6 Å². The Bertz CT molecular complexity index is 870. The second-order valence-corrected chi connectivity index (χ2v) is 4.89. The fourth-order valence-electron chi connectivity index (χ4n) is 2.01. The Morgan fingerprint density at radius 3 is 2.38 bits per heavy atom. The molecule has 3 nitrogen and oxygen atoms in total. The number of nitrogens with zero attached hydrogens (tertiary/aromatic N) is 2. The fourth-order valence-corrected chi connectivity index (χ4v) is 2.01. The molecule has 0 aliphatic rings. The normalized spacial score (nSPS) is 12.0. The topological polar surface area (TPSA) is 38.9 Å². The third kappa shape index (κ3) is 3.51. The number of aromatic nitrogens is 2. The van der Waals surface area contributed by atoms with Crippen LogP contribution in [0.15, 0.2) is 53.1 Å². The minimum Gasteiger partial charge on any atom is -0.334 e. The summed E-state index contributed by atoms with van der Waals surface area (Å²) in [6.07, 6.45) is -1.32. The summed E-state index contributed by atoms with van der Waals surface area (Å²) in [5.74, 6) is -1.07. The lowest BCUT2D eigenvalue weighted by atomic mass is 10.1. The molecule has 3 aromatic rings. The van der Waals surface area contributed by atoms with Crippen LogP contribution in [-0.4, -0.2) is 10.1 Å². The maximum atomic E-state index is 13.9. The first-order chi connectivity index (χ1) is 11.4. The van der Waals surface area contributed by atoms with Gasteiger partial charge in [0.15, 0.2) is 5.82 Å². The first-order valence-electron chi connectivity index (χ1n) is 6.87. The van der Waals surface area contributed by atoms with Crippen LogP contribution in [0.4, 0.5) is 17.6 Å². The number of hydrogen-bond acceptors (Lipinski definition) is 3. The number of halogens is 4. The van der Waals surface area contributed by atoms with Crippen LogP contribution in [0, 0.1) is 5.82 Å². The largest absolute Gasteiger partial charge is 0.416 e. The molecule has 1 aromatic heterocycles. The maximum Gasteiger partial charge on any atom is 0.416 e. The van der Waals surface area contributed by atoms with Crippen LogP contribution in [0.3, 0.4) is 0 Å². The van der Waals surface area contributed by atoms with Gasteiger partial charge in [-0.3, -0.25) is 0 Å². The third-order valence-electron chi connectivity index (χ3n) is 3.19. The van der Waals surface area contributed by atoms with E-state index in [-0.39, 0.29) is 17.3 Å². The van der Waals surface area contributed by atoms with Crippen molar-refractivity contribution >= 4 is 12.2 Å². The van der Waals surface area contributed by atoms with Gasteiger partial charge >= 0.3 is 6.18 Å². The van der Waals surface area contributed by atoms with Crippen molar-refractivity contribution in [3.8, 4) is 11.5 Å². The maximum absolute atomic E-state index is 13.9. The zero-order valence-electron chi connectivity index (χ0n) is 12.1. The average molecular weight is 334 g/mol. The summed E-state index contributed by atoms with van der Waals surface area (Å²) >= 11 is 0. The molecule has 1 heterocycles. The van der Waals surface area contributed by atoms with E-state index < -0.39 is 17.6 Å². The van der Waals surface area contributed by atoms with Crippen LogP contribution >= 0.6 is 0 Å². The molecular weight excluding hydrogens is 324 g/mol. The van der Waals surface area contributed by atoms with Gasteiger partial charge in [-0.05, 0) is 29.8 Å². The Hall–Kier alpha value is -2.96. The summed E-state index contributed by atoms with van der Waals surface area (Å²) in [6.45, 7) is 0. The van der Waals surface area contributed by atoms with Gasteiger partial charge in [-0.2, -0.15) is 18.2 Å². The monoisotopic (exact) mass is 334 g/mol. The van der Waals surface area contributed by atoms with E-state index in [1.807, 2.05) is 30.3 Å². The van der Waals surface area contributed by atoms with Crippen molar-refractivity contribution in [2.45, 2.75) is 6.18 Å². The summed E-state index contributed by atoms with van der Waals surface area (Å²) in [7, 11) is 0. The highest BCUT2D eigenvalue weighted by molar-refractivity contribution is 5.67. The molecule has 0 spiro atoms. The SMILES string of the molecule is Fc1cc(C(F)(F)F)ccc1-c1nc(/C=C/c2ccccc2)no1. The van der Waals surface area contributed by atoms with E-state index in [4.69, 9.17) is 4.52 Å². The van der Waals surface area contributed by atoms with E-state index in [1.54, 1.807) is 12.2 Å². The highest BCUT2D eigenvalue weighted by atomic mass is 19.4. The van der Waals surface area contributed by atoms with Crippen molar-refractivity contribution in [1.82, 2.24) is 10.1 Å². The Labute approximate surface area is 134 Å². The van der Waals surface area contributed by atoms with Crippen molar-refractivity contribution in [3.63, 3.8) is 0 Å². The predicted molar refractivity (Wildman–Crippen MR) is 80.1 cm³/mol. The highest BCUT2D eigenvalue weighted by Crippen LogP contribution is 2.32. The number of hydrogen-bond donors (Lipinski definition) is 0. The Morgan fingerprint density at radius 2 is 1.71 bits per heavy atom. The van der Waals surface area contributed by atoms with Gasteiger partial charge in [-0.1, -0.05) is 41.6 Å². The summed E-state index contributed by atoms with van der Waals surface area (Å²) in [5, 5.41) is 3.66. The molecule has 0 aliphatic carbocycles. The van der Waals surface area contributed by atoms with Gasteiger partial charge in [0.25, 0.3) is 5.89 Å². The van der Waals surface area contributed by atoms with E-state index in [0.29, 0.717) is 6.07 Å². The standard InChI is InChI=1S/C17H10F4N2O/c18-14-10-12(17(19,20)21)7-8-13(14)16-22-15(23-24-16)9-6-11-4-2-1-3-5-11/h1-10H/b9-6+. The van der Waals surface area contributed by atoms with Gasteiger partial charge < -0.3 is 4.52 Å². The van der Waals surface area contributed by atoms with E-state index in [2.05, 4.69) is 10.1 Å². The minimum absolute atomic E-state index is 0.185. The second-order valence-electron chi connectivity index (χ2n) is 4.89. The van der Waals surface area contributed by atoms with Crippen LogP contribution in [0.1, 0.15) is 17.0 Å². The van der Waals surface area contributed by atoms with Crippen molar-refractivity contribution < 1.29 is 22.1 Å². The number of alkyl halides is 3. The molecule has 0 aliphatic heterocycles. The van der Waals surface area contributed by atoms with E-state index in [1.165, 1.54) is 0 Å². The fraction of sp³-hybridized carbons (Fsp3) is 0.0588. The zero-order valence-corrected chi connectivity index (χ0v) is 12.1. The van der Waals surface area contributed by atoms with Crippen LogP contribution in [0.2, 0.25) is 0 Å². The Balaban J connectivity index is 1.84. The van der Waals surface area contributed by atoms with Crippen LogP contribution < -0.4 is 0 Å². The minimum atomic E-state index is -4.61. The molecule has 122 valence electrons. The Morgan fingerprint density at radius 1 is 0.958 bits per heavy atom. The van der Waals surface area contributed by atoms with Crippen molar-refractivity contribution in [1.29, 1.82) is 0 Å². The third-order valence-corrected chi connectivity index (χ3v) is 3.19. The first kappa shape index (κ1) is 15.9. The highest BCUT2D eigenvalue weighted by Gasteiger charge is 2.31. The molecule has 24 heavy (non-hydrogen) atoms. The molecule has 0 atom stereocenters. The predicted octanol–water partition coefficient (Wildman–Crippen LogP) is 5.06. The molecule has 0 amide bonds. The summed E-state index contributed by atoms with van der Waals surface area (Å²) < 4.78 is 56.4.